The lowest BCUT2D eigenvalue weighted by molar-refractivity contribution is 0.583. The average molecular weight is 164 g/mol. The van der Waals surface area contributed by atoms with Crippen LogP contribution >= 0.6 is 0 Å². The Morgan fingerprint density at radius 2 is 1.73 bits per heavy atom. The molecule has 0 aliphatic carbocycles. The van der Waals surface area contributed by atoms with Gasteiger partial charge >= 0.3 is 0 Å². The van der Waals surface area contributed by atoms with Gasteiger partial charge in [-0.3, -0.25) is 0 Å². The molecule has 11 heavy (non-hydrogen) atoms. The molecular formula is C9H12OSi. The van der Waals surface area contributed by atoms with E-state index >= 15 is 0 Å². The van der Waals surface area contributed by atoms with Crippen molar-refractivity contribution in [1.82, 2.24) is 0 Å². The quantitative estimate of drug-likeness (QED) is 0.601. The fraction of sp³-hybridized carbons (Fsp3) is 0.333. The normalized spacial score (nSPS) is 10.1. The predicted octanol–water partition coefficient (Wildman–Crippen LogP) is 1.22. The summed E-state index contributed by atoms with van der Waals surface area (Å²) in [6.45, 7) is 4.30. The van der Waals surface area contributed by atoms with Crippen molar-refractivity contribution < 1.29 is 4.46 Å². The average Bonchev–Trinajstić information content (AvgIpc) is 2.05. The standard InChI is InChI=1S/C9H12OSi/c1-7(2)8-3-5-9(11-10)6-4-8/h3-7,11H,1-2H3. The molecule has 0 spiro atoms. The smallest absolute Gasteiger partial charge is 0.296 e. The first-order chi connectivity index (χ1) is 5.24. The van der Waals surface area contributed by atoms with Crippen LogP contribution in [0.3, 0.4) is 0 Å². The summed E-state index contributed by atoms with van der Waals surface area (Å²) in [4.78, 5) is 0. The lowest BCUT2D eigenvalue weighted by Gasteiger charge is -2.03. The largest absolute Gasteiger partial charge is 0.386 e. The highest BCUT2D eigenvalue weighted by Gasteiger charge is 1.97. The van der Waals surface area contributed by atoms with Gasteiger partial charge in [-0.1, -0.05) is 38.1 Å². The van der Waals surface area contributed by atoms with Gasteiger partial charge in [0.25, 0.3) is 9.41 Å². The first-order valence-electron chi connectivity index (χ1n) is 3.79. The molecule has 0 atom stereocenters. The Bertz CT molecular complexity index is 238. The second kappa shape index (κ2) is 3.58. The van der Waals surface area contributed by atoms with Crippen LogP contribution in [0.15, 0.2) is 24.3 Å². The molecule has 1 nitrogen and oxygen atoms in total. The lowest BCUT2D eigenvalue weighted by atomic mass is 10.0. The molecule has 0 aliphatic rings. The lowest BCUT2D eigenvalue weighted by Crippen LogP contribution is -2.05. The van der Waals surface area contributed by atoms with Crippen LogP contribution in [0, 0.1) is 0 Å². The van der Waals surface area contributed by atoms with E-state index in [1.54, 1.807) is 0 Å². The topological polar surface area (TPSA) is 17.1 Å². The summed E-state index contributed by atoms with van der Waals surface area (Å²) in [5.41, 5.74) is 1.31. The van der Waals surface area contributed by atoms with Crippen molar-refractivity contribution in [1.29, 1.82) is 0 Å². The maximum atomic E-state index is 10.5. The minimum atomic E-state index is -0.765. The van der Waals surface area contributed by atoms with Crippen molar-refractivity contribution in [3.05, 3.63) is 29.8 Å². The zero-order valence-corrected chi connectivity index (χ0v) is 8.03. The SMILES string of the molecule is CC(C)c1ccc([SiH]=O)cc1. The van der Waals surface area contributed by atoms with Gasteiger partial charge in [-0.2, -0.15) is 0 Å². The van der Waals surface area contributed by atoms with Crippen LogP contribution < -0.4 is 5.19 Å². The third-order valence-electron chi connectivity index (χ3n) is 1.74. The van der Waals surface area contributed by atoms with Crippen molar-refractivity contribution >= 4 is 14.6 Å². The van der Waals surface area contributed by atoms with Crippen LogP contribution in [0.1, 0.15) is 25.3 Å². The fourth-order valence-corrected chi connectivity index (χ4v) is 1.31. The van der Waals surface area contributed by atoms with E-state index in [-0.39, 0.29) is 0 Å². The molecule has 0 saturated carbocycles. The summed E-state index contributed by atoms with van der Waals surface area (Å²) >= 11 is 0. The van der Waals surface area contributed by atoms with E-state index in [1.165, 1.54) is 5.56 Å². The van der Waals surface area contributed by atoms with Gasteiger partial charge in [-0.15, -0.1) is 0 Å². The summed E-state index contributed by atoms with van der Waals surface area (Å²) < 4.78 is 10.5. The Labute approximate surface area is 69.3 Å². The van der Waals surface area contributed by atoms with E-state index in [9.17, 15) is 4.46 Å². The Morgan fingerprint density at radius 3 is 2.09 bits per heavy atom. The second-order valence-corrected chi connectivity index (χ2v) is 3.84. The molecule has 0 saturated heterocycles. The van der Waals surface area contributed by atoms with Crippen molar-refractivity contribution in [2.45, 2.75) is 19.8 Å². The van der Waals surface area contributed by atoms with Gasteiger partial charge in [0.15, 0.2) is 0 Å². The van der Waals surface area contributed by atoms with E-state index in [4.69, 9.17) is 0 Å². The van der Waals surface area contributed by atoms with Gasteiger partial charge in [0.1, 0.15) is 0 Å². The van der Waals surface area contributed by atoms with Crippen molar-refractivity contribution in [2.24, 2.45) is 0 Å². The maximum Gasteiger partial charge on any atom is 0.296 e. The third kappa shape index (κ3) is 2.08. The van der Waals surface area contributed by atoms with Crippen molar-refractivity contribution in [3.63, 3.8) is 0 Å². The second-order valence-electron chi connectivity index (χ2n) is 2.94. The number of hydrogen-bond donors (Lipinski definition) is 0. The molecule has 58 valence electrons. The molecule has 0 amide bonds. The summed E-state index contributed by atoms with van der Waals surface area (Å²) in [6.07, 6.45) is 0. The summed E-state index contributed by atoms with van der Waals surface area (Å²) in [5.74, 6) is 0.561. The predicted molar refractivity (Wildman–Crippen MR) is 48.0 cm³/mol. The van der Waals surface area contributed by atoms with E-state index in [0.717, 1.165) is 5.19 Å². The van der Waals surface area contributed by atoms with E-state index in [1.807, 2.05) is 24.3 Å². The highest BCUT2D eigenvalue weighted by molar-refractivity contribution is 6.38. The first kappa shape index (κ1) is 8.33. The molecule has 0 aromatic heterocycles. The van der Waals surface area contributed by atoms with E-state index in [0.29, 0.717) is 5.92 Å². The highest BCUT2D eigenvalue weighted by Crippen LogP contribution is 2.11. The van der Waals surface area contributed by atoms with E-state index in [2.05, 4.69) is 13.8 Å². The van der Waals surface area contributed by atoms with Gasteiger partial charge in [0, 0.05) is 0 Å². The van der Waals surface area contributed by atoms with E-state index < -0.39 is 9.41 Å². The number of rotatable bonds is 2. The minimum absolute atomic E-state index is 0.561. The van der Waals surface area contributed by atoms with Crippen LogP contribution in [-0.2, 0) is 4.46 Å². The molecule has 1 aromatic carbocycles. The molecular weight excluding hydrogens is 152 g/mol. The molecule has 0 radical (unpaired) electrons. The molecule has 0 bridgehead atoms. The molecule has 0 N–H and O–H groups in total. The fourth-order valence-electron chi connectivity index (χ4n) is 0.959. The van der Waals surface area contributed by atoms with Crippen molar-refractivity contribution in [2.75, 3.05) is 0 Å². The molecule has 0 aliphatic heterocycles. The number of hydrogen-bond acceptors (Lipinski definition) is 1. The molecule has 2 heteroatoms. The highest BCUT2D eigenvalue weighted by atomic mass is 28.2. The van der Waals surface area contributed by atoms with Crippen LogP contribution in [0.2, 0.25) is 0 Å². The monoisotopic (exact) mass is 164 g/mol. The van der Waals surface area contributed by atoms with Crippen LogP contribution in [-0.4, -0.2) is 9.41 Å². The minimum Gasteiger partial charge on any atom is -0.386 e. The first-order valence-corrected chi connectivity index (χ1v) is 4.84. The van der Waals surface area contributed by atoms with Gasteiger partial charge in [-0.05, 0) is 16.7 Å². The molecule has 0 unspecified atom stereocenters. The third-order valence-corrected chi connectivity index (χ3v) is 2.40. The summed E-state index contributed by atoms with van der Waals surface area (Å²) in [7, 11) is -0.765. The maximum absolute atomic E-state index is 10.5. The van der Waals surface area contributed by atoms with Crippen molar-refractivity contribution in [3.8, 4) is 0 Å². The number of benzene rings is 1. The van der Waals surface area contributed by atoms with Gasteiger partial charge < -0.3 is 4.46 Å². The van der Waals surface area contributed by atoms with Crippen LogP contribution in [0.4, 0.5) is 0 Å². The summed E-state index contributed by atoms with van der Waals surface area (Å²) in [5, 5.41) is 0.953. The molecule has 1 aromatic rings. The zero-order chi connectivity index (χ0) is 8.27. The Kier molecular flexibility index (Phi) is 2.71. The van der Waals surface area contributed by atoms with Gasteiger partial charge in [0.2, 0.25) is 0 Å². The Balaban J connectivity index is 2.91. The van der Waals surface area contributed by atoms with Crippen LogP contribution in [0.5, 0.6) is 0 Å². The van der Waals surface area contributed by atoms with Gasteiger partial charge in [0.05, 0.1) is 0 Å². The Morgan fingerprint density at radius 1 is 1.18 bits per heavy atom. The molecule has 0 heterocycles. The molecule has 0 fully saturated rings. The summed E-state index contributed by atoms with van der Waals surface area (Å²) in [6, 6.07) is 7.98. The van der Waals surface area contributed by atoms with Gasteiger partial charge in [-0.25, -0.2) is 0 Å². The molecule has 1 rings (SSSR count). The van der Waals surface area contributed by atoms with Crippen LogP contribution in [0.25, 0.3) is 0 Å². The Hall–Kier alpha value is -0.763. The zero-order valence-electron chi connectivity index (χ0n) is 6.87.